The molecule has 0 saturated heterocycles. The second kappa shape index (κ2) is 3.15. The van der Waals surface area contributed by atoms with E-state index in [0.717, 1.165) is 12.8 Å². The van der Waals surface area contributed by atoms with E-state index in [2.05, 4.69) is 0 Å². The molecule has 58 valence electrons. The number of rotatable bonds is 1. The van der Waals surface area contributed by atoms with Crippen molar-refractivity contribution in [1.82, 2.24) is 0 Å². The lowest BCUT2D eigenvalue weighted by Gasteiger charge is -2.23. The van der Waals surface area contributed by atoms with E-state index in [0.29, 0.717) is 12.2 Å². The molecule has 1 rings (SSSR count). The second-order valence-corrected chi connectivity index (χ2v) is 3.01. The molecule has 0 radical (unpaired) electrons. The maximum Gasteiger partial charge on any atom is 0.138 e. The topological polar surface area (TPSA) is 26.3 Å². The lowest BCUT2D eigenvalue weighted by molar-refractivity contribution is -0.127. The van der Waals surface area contributed by atoms with Gasteiger partial charge in [0.1, 0.15) is 5.78 Å². The van der Waals surface area contributed by atoms with Crippen LogP contribution in [0.3, 0.4) is 0 Å². The van der Waals surface area contributed by atoms with Gasteiger partial charge in [0.05, 0.1) is 6.10 Å². The lowest BCUT2D eigenvalue weighted by Crippen LogP contribution is -2.27. The van der Waals surface area contributed by atoms with Crippen LogP contribution in [0.2, 0.25) is 0 Å². The van der Waals surface area contributed by atoms with Gasteiger partial charge < -0.3 is 4.74 Å². The molecule has 0 aromatic carbocycles. The van der Waals surface area contributed by atoms with Crippen molar-refractivity contribution in [2.75, 3.05) is 7.11 Å². The van der Waals surface area contributed by atoms with Crippen LogP contribution in [-0.4, -0.2) is 19.0 Å². The van der Waals surface area contributed by atoms with Crippen LogP contribution in [0.15, 0.2) is 0 Å². The molecule has 1 aliphatic rings. The Labute approximate surface area is 61.6 Å². The van der Waals surface area contributed by atoms with Crippen molar-refractivity contribution in [2.45, 2.75) is 32.3 Å². The molecule has 0 amide bonds. The molecule has 2 nitrogen and oxygen atoms in total. The number of carbonyl (C=O) groups excluding carboxylic acids is 1. The van der Waals surface area contributed by atoms with E-state index in [1.807, 2.05) is 6.92 Å². The van der Waals surface area contributed by atoms with Crippen LogP contribution in [0.25, 0.3) is 0 Å². The number of hydrogen-bond acceptors (Lipinski definition) is 2. The first kappa shape index (κ1) is 7.73. The highest BCUT2D eigenvalue weighted by molar-refractivity contribution is 5.81. The van der Waals surface area contributed by atoms with E-state index in [9.17, 15) is 4.79 Å². The summed E-state index contributed by atoms with van der Waals surface area (Å²) in [6.45, 7) is 1.99. The minimum Gasteiger partial charge on any atom is -0.381 e. The van der Waals surface area contributed by atoms with Crippen molar-refractivity contribution in [3.8, 4) is 0 Å². The fourth-order valence-corrected chi connectivity index (χ4v) is 1.33. The predicted octanol–water partition coefficient (Wildman–Crippen LogP) is 1.39. The number of hydrogen-bond donors (Lipinski definition) is 0. The Kier molecular flexibility index (Phi) is 2.44. The Bertz CT molecular complexity index is 131. The number of carbonyl (C=O) groups is 1. The molecule has 1 fully saturated rings. The predicted molar refractivity (Wildman–Crippen MR) is 38.8 cm³/mol. The summed E-state index contributed by atoms with van der Waals surface area (Å²) in [5.41, 5.74) is 0. The minimum atomic E-state index is 0.198. The van der Waals surface area contributed by atoms with E-state index in [1.54, 1.807) is 7.11 Å². The molecule has 0 aliphatic heterocycles. The van der Waals surface area contributed by atoms with Crippen molar-refractivity contribution >= 4 is 5.78 Å². The highest BCUT2D eigenvalue weighted by Gasteiger charge is 2.24. The van der Waals surface area contributed by atoms with Crippen molar-refractivity contribution in [3.63, 3.8) is 0 Å². The summed E-state index contributed by atoms with van der Waals surface area (Å²) in [7, 11) is 1.67. The number of ether oxygens (including phenoxy) is 1. The molecule has 0 spiro atoms. The van der Waals surface area contributed by atoms with Crippen LogP contribution >= 0.6 is 0 Å². The van der Waals surface area contributed by atoms with Gasteiger partial charge in [-0.05, 0) is 12.8 Å². The van der Waals surface area contributed by atoms with E-state index < -0.39 is 0 Å². The van der Waals surface area contributed by atoms with Gasteiger partial charge in [0.25, 0.3) is 0 Å². The van der Waals surface area contributed by atoms with Gasteiger partial charge in [0.15, 0.2) is 0 Å². The van der Waals surface area contributed by atoms with Crippen molar-refractivity contribution in [2.24, 2.45) is 5.92 Å². The Balaban J connectivity index is 2.41. The van der Waals surface area contributed by atoms with E-state index in [-0.39, 0.29) is 12.0 Å². The smallest absolute Gasteiger partial charge is 0.138 e. The molecule has 2 unspecified atom stereocenters. The lowest BCUT2D eigenvalue weighted by atomic mass is 9.88. The van der Waals surface area contributed by atoms with Gasteiger partial charge in [0.2, 0.25) is 0 Å². The van der Waals surface area contributed by atoms with Gasteiger partial charge in [0, 0.05) is 19.4 Å². The quantitative estimate of drug-likeness (QED) is 0.553. The summed E-state index contributed by atoms with van der Waals surface area (Å²) in [5, 5.41) is 0. The third-order valence-corrected chi connectivity index (χ3v) is 2.23. The zero-order chi connectivity index (χ0) is 7.56. The Morgan fingerprint density at radius 2 is 2.20 bits per heavy atom. The van der Waals surface area contributed by atoms with Gasteiger partial charge in [-0.3, -0.25) is 4.79 Å². The molecular formula is C8H14O2. The molecule has 0 bridgehead atoms. The molecule has 0 aromatic heterocycles. The van der Waals surface area contributed by atoms with Crippen molar-refractivity contribution in [1.29, 1.82) is 0 Å². The average molecular weight is 142 g/mol. The molecule has 0 heterocycles. The molecule has 0 N–H and O–H groups in total. The number of Topliss-reactive ketones (excluding diaryl/α,β-unsaturated/α-hetero) is 1. The number of ketones is 1. The Morgan fingerprint density at radius 3 is 2.70 bits per heavy atom. The van der Waals surface area contributed by atoms with Crippen LogP contribution in [-0.2, 0) is 9.53 Å². The van der Waals surface area contributed by atoms with Gasteiger partial charge >= 0.3 is 0 Å². The zero-order valence-corrected chi connectivity index (χ0v) is 6.59. The van der Waals surface area contributed by atoms with Crippen LogP contribution in [0.5, 0.6) is 0 Å². The van der Waals surface area contributed by atoms with Gasteiger partial charge in [-0.25, -0.2) is 0 Å². The molecule has 1 saturated carbocycles. The van der Waals surface area contributed by atoms with Crippen molar-refractivity contribution in [3.05, 3.63) is 0 Å². The summed E-state index contributed by atoms with van der Waals surface area (Å²) in [6.07, 6.45) is 2.86. The van der Waals surface area contributed by atoms with Gasteiger partial charge in [-0.2, -0.15) is 0 Å². The fourth-order valence-electron chi connectivity index (χ4n) is 1.33. The summed E-state index contributed by atoms with van der Waals surface area (Å²) < 4.78 is 5.09. The third-order valence-electron chi connectivity index (χ3n) is 2.23. The molecule has 2 atom stereocenters. The molecule has 1 aliphatic carbocycles. The summed E-state index contributed by atoms with van der Waals surface area (Å²) in [6, 6.07) is 0. The normalized spacial score (nSPS) is 34.4. The van der Waals surface area contributed by atoms with Crippen molar-refractivity contribution < 1.29 is 9.53 Å². The van der Waals surface area contributed by atoms with E-state index >= 15 is 0 Å². The second-order valence-electron chi connectivity index (χ2n) is 3.01. The first-order valence-corrected chi connectivity index (χ1v) is 3.79. The first-order chi connectivity index (χ1) is 4.74. The highest BCUT2D eigenvalue weighted by atomic mass is 16.5. The maximum atomic E-state index is 11.1. The van der Waals surface area contributed by atoms with E-state index in [1.165, 1.54) is 0 Å². The van der Waals surface area contributed by atoms with Gasteiger partial charge in [-0.1, -0.05) is 6.92 Å². The minimum absolute atomic E-state index is 0.198. The largest absolute Gasteiger partial charge is 0.381 e. The standard InChI is InChI=1S/C8H14O2/c1-6-3-4-7(10-2)5-8(6)9/h6-7H,3-5H2,1-2H3. The SMILES string of the molecule is COC1CCC(C)C(=O)C1. The van der Waals surface area contributed by atoms with Crippen LogP contribution in [0, 0.1) is 5.92 Å². The van der Waals surface area contributed by atoms with Crippen LogP contribution < -0.4 is 0 Å². The first-order valence-electron chi connectivity index (χ1n) is 3.79. The van der Waals surface area contributed by atoms with Crippen LogP contribution in [0.1, 0.15) is 26.2 Å². The van der Waals surface area contributed by atoms with Gasteiger partial charge in [-0.15, -0.1) is 0 Å². The summed E-state index contributed by atoms with van der Waals surface area (Å²) >= 11 is 0. The number of methoxy groups -OCH3 is 1. The average Bonchev–Trinajstić information content (AvgIpc) is 1.95. The zero-order valence-electron chi connectivity index (χ0n) is 6.59. The highest BCUT2D eigenvalue weighted by Crippen LogP contribution is 2.21. The molecule has 0 aromatic rings. The summed E-state index contributed by atoms with van der Waals surface area (Å²) in [5.74, 6) is 0.629. The third kappa shape index (κ3) is 1.57. The van der Waals surface area contributed by atoms with Crippen LogP contribution in [0.4, 0.5) is 0 Å². The summed E-state index contributed by atoms with van der Waals surface area (Å²) in [4.78, 5) is 11.1. The van der Waals surface area contributed by atoms with E-state index in [4.69, 9.17) is 4.74 Å². The molecule has 10 heavy (non-hydrogen) atoms. The Morgan fingerprint density at radius 1 is 1.50 bits per heavy atom. The Hall–Kier alpha value is -0.370. The maximum absolute atomic E-state index is 11.1. The fraction of sp³-hybridized carbons (Fsp3) is 0.875. The molecular weight excluding hydrogens is 128 g/mol. The monoisotopic (exact) mass is 142 g/mol. The molecule has 2 heteroatoms.